The first-order chi connectivity index (χ1) is 11.5. The van der Waals surface area contributed by atoms with E-state index < -0.39 is 21.2 Å². The highest BCUT2D eigenvalue weighted by atomic mass is 32.2. The van der Waals surface area contributed by atoms with Crippen LogP contribution in [0, 0.1) is 10.1 Å². The first kappa shape index (κ1) is 16.3. The fourth-order valence-electron chi connectivity index (χ4n) is 2.17. The minimum Gasteiger partial charge on any atom is -0.258 e. The molecule has 1 aliphatic heterocycles. The number of nitro groups is 1. The summed E-state index contributed by atoms with van der Waals surface area (Å²) in [6, 6.07) is 15.0. The fraction of sp³-hybridized carbons (Fsp3) is 0.125. The second kappa shape index (κ2) is 6.52. The van der Waals surface area contributed by atoms with Crippen molar-refractivity contribution in [3.05, 3.63) is 81.9 Å². The van der Waals surface area contributed by atoms with Gasteiger partial charge in [-0.1, -0.05) is 42.5 Å². The number of nitro benzene ring substituents is 1. The maximum Gasteiger partial charge on any atom is 0.269 e. The molecule has 2 aromatic rings. The molecule has 2 aromatic carbocycles. The smallest absolute Gasteiger partial charge is 0.258 e. The topological polar surface area (TPSA) is 92.8 Å². The van der Waals surface area contributed by atoms with E-state index in [1.807, 2.05) is 30.3 Å². The molecule has 24 heavy (non-hydrogen) atoms. The van der Waals surface area contributed by atoms with E-state index in [4.69, 9.17) is 4.84 Å². The maximum absolute atomic E-state index is 12.2. The van der Waals surface area contributed by atoms with Crippen molar-refractivity contribution in [3.63, 3.8) is 0 Å². The summed E-state index contributed by atoms with van der Waals surface area (Å²) >= 11 is 0. The highest BCUT2D eigenvalue weighted by molar-refractivity contribution is 7.89. The number of rotatable bonds is 6. The molecule has 0 saturated carbocycles. The molecule has 3 rings (SSSR count). The van der Waals surface area contributed by atoms with E-state index in [-0.39, 0.29) is 11.4 Å². The minimum absolute atomic E-state index is 0.0559. The van der Waals surface area contributed by atoms with Gasteiger partial charge in [-0.15, -0.1) is 0 Å². The number of hydrogen-bond acceptors (Lipinski definition) is 5. The van der Waals surface area contributed by atoms with E-state index in [0.29, 0.717) is 5.56 Å². The molecule has 0 spiro atoms. The van der Waals surface area contributed by atoms with Crippen molar-refractivity contribution in [2.75, 3.05) is 5.75 Å². The average molecular weight is 346 g/mol. The normalized spacial score (nSPS) is 20.2. The summed E-state index contributed by atoms with van der Waals surface area (Å²) in [4.78, 5) is 15.2. The molecule has 0 radical (unpaired) electrons. The molecule has 1 aliphatic rings. The Morgan fingerprint density at radius 3 is 2.42 bits per heavy atom. The van der Waals surface area contributed by atoms with Crippen molar-refractivity contribution in [1.29, 1.82) is 0 Å². The standard InChI is InChI=1S/C16H14N2O5S/c19-17(20)15-10-8-14(9-11-15)16-18(23-16)24(21,22)12-4-7-13-5-2-1-3-6-13/h1-11,16H,12H2/b7-4+. The van der Waals surface area contributed by atoms with Gasteiger partial charge in [0.2, 0.25) is 10.0 Å². The van der Waals surface area contributed by atoms with E-state index in [2.05, 4.69) is 0 Å². The van der Waals surface area contributed by atoms with Crippen molar-refractivity contribution in [1.82, 2.24) is 4.47 Å². The van der Waals surface area contributed by atoms with E-state index in [1.54, 1.807) is 12.2 Å². The van der Waals surface area contributed by atoms with Crippen LogP contribution >= 0.6 is 0 Å². The molecule has 1 fully saturated rings. The fourth-order valence-corrected chi connectivity index (χ4v) is 3.28. The van der Waals surface area contributed by atoms with Gasteiger partial charge in [0.25, 0.3) is 5.69 Å². The Hall–Kier alpha value is -2.55. The first-order valence-electron chi connectivity index (χ1n) is 7.12. The van der Waals surface area contributed by atoms with Crippen LogP contribution in [0.3, 0.4) is 0 Å². The zero-order valence-electron chi connectivity index (χ0n) is 12.5. The molecule has 0 bridgehead atoms. The largest absolute Gasteiger partial charge is 0.269 e. The maximum atomic E-state index is 12.2. The molecule has 7 nitrogen and oxygen atoms in total. The predicted molar refractivity (Wildman–Crippen MR) is 88.0 cm³/mol. The molecule has 0 aromatic heterocycles. The second-order valence-corrected chi connectivity index (χ2v) is 7.01. The molecule has 0 amide bonds. The van der Waals surface area contributed by atoms with Gasteiger partial charge in [-0.3, -0.25) is 15.0 Å². The van der Waals surface area contributed by atoms with Crippen molar-refractivity contribution in [2.45, 2.75) is 6.23 Å². The summed E-state index contributed by atoms with van der Waals surface area (Å²) in [7, 11) is -3.59. The zero-order valence-corrected chi connectivity index (χ0v) is 13.3. The lowest BCUT2D eigenvalue weighted by molar-refractivity contribution is -0.384. The molecule has 2 atom stereocenters. The Kier molecular flexibility index (Phi) is 4.43. The lowest BCUT2D eigenvalue weighted by Crippen LogP contribution is -2.14. The number of benzene rings is 2. The Labute approximate surface area is 138 Å². The number of nitrogens with zero attached hydrogens (tertiary/aromatic N) is 2. The monoisotopic (exact) mass is 346 g/mol. The molecule has 2 unspecified atom stereocenters. The minimum atomic E-state index is -3.59. The quantitative estimate of drug-likeness (QED) is 0.455. The summed E-state index contributed by atoms with van der Waals surface area (Å²) in [6.45, 7) is 0. The van der Waals surface area contributed by atoms with Gasteiger partial charge in [0.15, 0.2) is 6.23 Å². The average Bonchev–Trinajstić information content (AvgIpc) is 3.37. The molecular weight excluding hydrogens is 332 g/mol. The summed E-state index contributed by atoms with van der Waals surface area (Å²) < 4.78 is 25.3. The summed E-state index contributed by atoms with van der Waals surface area (Å²) in [6.07, 6.45) is 2.56. The number of non-ortho nitro benzene ring substituents is 1. The molecule has 1 saturated heterocycles. The van der Waals surface area contributed by atoms with E-state index in [1.165, 1.54) is 24.3 Å². The molecule has 0 N–H and O–H groups in total. The Morgan fingerprint density at radius 2 is 1.79 bits per heavy atom. The third-order valence-corrected chi connectivity index (χ3v) is 4.87. The van der Waals surface area contributed by atoms with Gasteiger partial charge in [0.1, 0.15) is 0 Å². The van der Waals surface area contributed by atoms with E-state index in [0.717, 1.165) is 10.0 Å². The van der Waals surface area contributed by atoms with Gasteiger partial charge in [-0.25, -0.2) is 8.42 Å². The van der Waals surface area contributed by atoms with Crippen LogP contribution in [0.25, 0.3) is 6.08 Å². The lowest BCUT2D eigenvalue weighted by Gasteiger charge is -1.99. The van der Waals surface area contributed by atoms with Gasteiger partial charge in [-0.05, 0) is 22.2 Å². The summed E-state index contributed by atoms with van der Waals surface area (Å²) in [5.41, 5.74) is 1.40. The third-order valence-electron chi connectivity index (χ3n) is 3.43. The number of hydrogen-bond donors (Lipinski definition) is 0. The van der Waals surface area contributed by atoms with Crippen LogP contribution in [0.2, 0.25) is 0 Å². The Morgan fingerprint density at radius 1 is 1.12 bits per heavy atom. The molecular formula is C16H14N2O5S. The second-order valence-electron chi connectivity index (χ2n) is 5.15. The van der Waals surface area contributed by atoms with Crippen LogP contribution in [-0.4, -0.2) is 23.6 Å². The first-order valence-corrected chi connectivity index (χ1v) is 8.73. The lowest BCUT2D eigenvalue weighted by atomic mass is 10.2. The van der Waals surface area contributed by atoms with Gasteiger partial charge >= 0.3 is 0 Å². The van der Waals surface area contributed by atoms with Crippen molar-refractivity contribution >= 4 is 21.8 Å². The SMILES string of the molecule is O=[N+]([O-])c1ccc(C2ON2S(=O)(=O)C/C=C/c2ccccc2)cc1. The van der Waals surface area contributed by atoms with Gasteiger partial charge in [0, 0.05) is 17.7 Å². The molecule has 124 valence electrons. The molecule has 8 heteroatoms. The molecule has 1 heterocycles. The van der Waals surface area contributed by atoms with Crippen LogP contribution in [0.15, 0.2) is 60.7 Å². The van der Waals surface area contributed by atoms with Gasteiger partial charge in [-0.2, -0.15) is 0 Å². The van der Waals surface area contributed by atoms with Gasteiger partial charge < -0.3 is 0 Å². The van der Waals surface area contributed by atoms with Crippen LogP contribution in [-0.2, 0) is 14.9 Å². The van der Waals surface area contributed by atoms with E-state index in [9.17, 15) is 18.5 Å². The molecule has 0 aliphatic carbocycles. The van der Waals surface area contributed by atoms with Crippen LogP contribution in [0.1, 0.15) is 17.4 Å². The Bertz CT molecular complexity index is 863. The number of sulfonamides is 1. The third kappa shape index (κ3) is 3.67. The highest BCUT2D eigenvalue weighted by Gasteiger charge is 2.47. The zero-order chi connectivity index (χ0) is 17.2. The Balaban J connectivity index is 1.63. The van der Waals surface area contributed by atoms with E-state index >= 15 is 0 Å². The van der Waals surface area contributed by atoms with Gasteiger partial charge in [0.05, 0.1) is 10.7 Å². The number of hydroxylamine groups is 1. The van der Waals surface area contributed by atoms with Crippen molar-refractivity contribution < 1.29 is 18.2 Å². The summed E-state index contributed by atoms with van der Waals surface area (Å²) in [5, 5.41) is 10.6. The van der Waals surface area contributed by atoms with Crippen molar-refractivity contribution in [3.8, 4) is 0 Å². The van der Waals surface area contributed by atoms with Crippen molar-refractivity contribution in [2.24, 2.45) is 0 Å². The van der Waals surface area contributed by atoms with Crippen LogP contribution in [0.5, 0.6) is 0 Å². The van der Waals surface area contributed by atoms with Crippen LogP contribution in [0.4, 0.5) is 5.69 Å². The summed E-state index contributed by atoms with van der Waals surface area (Å²) in [5.74, 6) is -0.189. The predicted octanol–water partition coefficient (Wildman–Crippen LogP) is 2.88. The van der Waals surface area contributed by atoms with Crippen LogP contribution < -0.4 is 0 Å². The highest BCUT2D eigenvalue weighted by Crippen LogP contribution is 2.40.